The summed E-state index contributed by atoms with van der Waals surface area (Å²) in [6.07, 6.45) is 1.51. The highest BCUT2D eigenvalue weighted by atomic mass is 16.5. The summed E-state index contributed by atoms with van der Waals surface area (Å²) in [4.78, 5) is 26.8. The van der Waals surface area contributed by atoms with E-state index in [1.165, 1.54) is 0 Å². The van der Waals surface area contributed by atoms with Crippen molar-refractivity contribution in [2.45, 2.75) is 25.9 Å². The molecule has 3 heterocycles. The first-order valence-electron chi connectivity index (χ1n) is 8.74. The van der Waals surface area contributed by atoms with Crippen molar-refractivity contribution in [1.29, 1.82) is 0 Å². The monoisotopic (exact) mass is 329 g/mol. The molecule has 3 aliphatic rings. The molecule has 2 N–H and O–H groups in total. The second-order valence-corrected chi connectivity index (χ2v) is 6.98. The van der Waals surface area contributed by atoms with Gasteiger partial charge in [0.25, 0.3) is 11.8 Å². The first kappa shape index (κ1) is 15.4. The van der Waals surface area contributed by atoms with Crippen molar-refractivity contribution in [3.05, 3.63) is 23.8 Å². The molecule has 6 heteroatoms. The van der Waals surface area contributed by atoms with Crippen LogP contribution in [0.5, 0.6) is 5.75 Å². The second-order valence-electron chi connectivity index (χ2n) is 6.98. The molecule has 3 atom stereocenters. The molecule has 2 fully saturated rings. The number of fused-ring (bicyclic) bond motifs is 2. The van der Waals surface area contributed by atoms with Crippen LogP contribution in [0.25, 0.3) is 0 Å². The van der Waals surface area contributed by atoms with Gasteiger partial charge in [-0.1, -0.05) is 6.07 Å². The van der Waals surface area contributed by atoms with Crippen molar-refractivity contribution in [3.63, 3.8) is 0 Å². The third-order valence-electron chi connectivity index (χ3n) is 5.47. The van der Waals surface area contributed by atoms with Crippen molar-refractivity contribution in [2.24, 2.45) is 11.8 Å². The molecule has 0 aromatic heterocycles. The summed E-state index contributed by atoms with van der Waals surface area (Å²) in [5.41, 5.74) is 1.13. The van der Waals surface area contributed by atoms with E-state index in [-0.39, 0.29) is 11.8 Å². The molecule has 3 aliphatic heterocycles. The summed E-state index contributed by atoms with van der Waals surface area (Å²) in [5, 5.41) is 6.26. The SMILES string of the molecule is CC1Oc2c(cccc2C(=O)N2CC[C@@H]3CNC[C@@H]3CC2)NC1=O. The molecule has 4 rings (SSSR count). The summed E-state index contributed by atoms with van der Waals surface area (Å²) >= 11 is 0. The lowest BCUT2D eigenvalue weighted by Crippen LogP contribution is -2.37. The maximum atomic E-state index is 13.0. The molecule has 0 radical (unpaired) electrons. The Bertz CT molecular complexity index is 661. The second kappa shape index (κ2) is 6.09. The quantitative estimate of drug-likeness (QED) is 0.819. The summed E-state index contributed by atoms with van der Waals surface area (Å²) < 4.78 is 5.72. The van der Waals surface area contributed by atoms with Crippen LogP contribution in [0, 0.1) is 11.8 Å². The van der Waals surface area contributed by atoms with Crippen LogP contribution in [-0.4, -0.2) is 49.0 Å². The van der Waals surface area contributed by atoms with E-state index in [0.29, 0.717) is 28.8 Å². The zero-order valence-corrected chi connectivity index (χ0v) is 13.9. The molecule has 2 amide bonds. The van der Waals surface area contributed by atoms with Crippen molar-refractivity contribution < 1.29 is 14.3 Å². The number of para-hydroxylation sites is 1. The fourth-order valence-corrected chi connectivity index (χ4v) is 3.99. The summed E-state index contributed by atoms with van der Waals surface area (Å²) in [5.74, 6) is 1.69. The number of rotatable bonds is 1. The highest BCUT2D eigenvalue weighted by Crippen LogP contribution is 2.35. The number of benzene rings is 1. The van der Waals surface area contributed by atoms with Gasteiger partial charge in [-0.15, -0.1) is 0 Å². The lowest BCUT2D eigenvalue weighted by molar-refractivity contribution is -0.122. The Balaban J connectivity index is 1.57. The Morgan fingerprint density at radius 2 is 1.92 bits per heavy atom. The molecule has 2 saturated heterocycles. The van der Waals surface area contributed by atoms with Gasteiger partial charge in [0.2, 0.25) is 0 Å². The predicted octanol–water partition coefficient (Wildman–Crippen LogP) is 1.48. The topological polar surface area (TPSA) is 70.7 Å². The molecule has 0 bridgehead atoms. The highest BCUT2D eigenvalue weighted by Gasteiger charge is 2.34. The van der Waals surface area contributed by atoms with Crippen LogP contribution in [0.3, 0.4) is 0 Å². The van der Waals surface area contributed by atoms with Crippen LogP contribution in [0.1, 0.15) is 30.1 Å². The molecule has 24 heavy (non-hydrogen) atoms. The average Bonchev–Trinajstić information content (AvgIpc) is 2.93. The fraction of sp³-hybridized carbons (Fsp3) is 0.556. The van der Waals surface area contributed by atoms with Gasteiger partial charge < -0.3 is 20.3 Å². The molecular formula is C18H23N3O3. The Hall–Kier alpha value is -2.08. The minimum atomic E-state index is -0.582. The van der Waals surface area contributed by atoms with Gasteiger partial charge in [0, 0.05) is 13.1 Å². The van der Waals surface area contributed by atoms with E-state index in [4.69, 9.17) is 4.74 Å². The molecule has 1 unspecified atom stereocenters. The average molecular weight is 329 g/mol. The number of anilines is 1. The minimum absolute atomic E-state index is 0.00290. The van der Waals surface area contributed by atoms with Crippen molar-refractivity contribution in [3.8, 4) is 5.75 Å². The zero-order valence-electron chi connectivity index (χ0n) is 13.9. The maximum absolute atomic E-state index is 13.0. The Morgan fingerprint density at radius 1 is 1.21 bits per heavy atom. The molecule has 6 nitrogen and oxygen atoms in total. The first-order valence-corrected chi connectivity index (χ1v) is 8.74. The smallest absolute Gasteiger partial charge is 0.265 e. The van der Waals surface area contributed by atoms with E-state index >= 15 is 0 Å². The maximum Gasteiger partial charge on any atom is 0.265 e. The summed E-state index contributed by atoms with van der Waals surface area (Å²) in [6, 6.07) is 5.36. The number of nitrogens with one attached hydrogen (secondary N) is 2. The number of carbonyl (C=O) groups excluding carboxylic acids is 2. The number of hydrogen-bond acceptors (Lipinski definition) is 4. The van der Waals surface area contributed by atoms with Gasteiger partial charge in [-0.25, -0.2) is 0 Å². The minimum Gasteiger partial charge on any atom is -0.478 e. The summed E-state index contributed by atoms with van der Waals surface area (Å²) in [6.45, 7) is 5.40. The van der Waals surface area contributed by atoms with Gasteiger partial charge in [-0.2, -0.15) is 0 Å². The number of hydrogen-bond donors (Lipinski definition) is 2. The third kappa shape index (κ3) is 2.65. The first-order chi connectivity index (χ1) is 11.6. The van der Waals surface area contributed by atoms with Gasteiger partial charge in [-0.05, 0) is 56.8 Å². The molecule has 1 aromatic carbocycles. The number of nitrogens with zero attached hydrogens (tertiary/aromatic N) is 1. The van der Waals surface area contributed by atoms with Crippen LogP contribution < -0.4 is 15.4 Å². The summed E-state index contributed by atoms with van der Waals surface area (Å²) in [7, 11) is 0. The lowest BCUT2D eigenvalue weighted by Gasteiger charge is -2.27. The normalized spacial score (nSPS) is 29.1. The Kier molecular flexibility index (Phi) is 3.92. The Morgan fingerprint density at radius 3 is 2.62 bits per heavy atom. The van der Waals surface area contributed by atoms with Crippen LogP contribution >= 0.6 is 0 Å². The Labute approximate surface area is 141 Å². The van der Waals surface area contributed by atoms with Gasteiger partial charge in [0.05, 0.1) is 11.3 Å². The van der Waals surface area contributed by atoms with Crippen molar-refractivity contribution in [2.75, 3.05) is 31.5 Å². The standard InChI is InChI=1S/C18H23N3O3/c1-11-17(22)20-15-4-2-3-14(16(15)24-11)18(23)21-7-5-12-9-19-10-13(12)6-8-21/h2-4,11-13,19H,5-10H2,1H3,(H,20,22)/t11?,12-,13+. The molecule has 0 spiro atoms. The fourth-order valence-electron chi connectivity index (χ4n) is 3.99. The van der Waals surface area contributed by atoms with E-state index < -0.39 is 6.10 Å². The highest BCUT2D eigenvalue weighted by molar-refractivity contribution is 6.04. The number of carbonyl (C=O) groups is 2. The largest absolute Gasteiger partial charge is 0.478 e. The zero-order chi connectivity index (χ0) is 16.7. The predicted molar refractivity (Wildman–Crippen MR) is 90.1 cm³/mol. The van der Waals surface area contributed by atoms with Crippen molar-refractivity contribution >= 4 is 17.5 Å². The molecular weight excluding hydrogens is 306 g/mol. The van der Waals surface area contributed by atoms with Crippen molar-refractivity contribution in [1.82, 2.24) is 10.2 Å². The van der Waals surface area contributed by atoms with Crippen LogP contribution in [0.2, 0.25) is 0 Å². The van der Waals surface area contributed by atoms with E-state index in [2.05, 4.69) is 10.6 Å². The van der Waals surface area contributed by atoms with Crippen LogP contribution in [-0.2, 0) is 4.79 Å². The number of likely N-dealkylation sites (tertiary alicyclic amines) is 1. The molecule has 0 saturated carbocycles. The third-order valence-corrected chi connectivity index (χ3v) is 5.47. The van der Waals surface area contributed by atoms with Crippen LogP contribution in [0.4, 0.5) is 5.69 Å². The van der Waals surface area contributed by atoms with E-state index in [9.17, 15) is 9.59 Å². The lowest BCUT2D eigenvalue weighted by atomic mass is 9.92. The molecule has 1 aromatic rings. The van der Waals surface area contributed by atoms with E-state index in [1.54, 1.807) is 25.1 Å². The molecule has 128 valence electrons. The van der Waals surface area contributed by atoms with Gasteiger partial charge >= 0.3 is 0 Å². The van der Waals surface area contributed by atoms with E-state index in [1.807, 2.05) is 4.90 Å². The van der Waals surface area contributed by atoms with Gasteiger partial charge in [-0.3, -0.25) is 9.59 Å². The van der Waals surface area contributed by atoms with Gasteiger partial charge in [0.15, 0.2) is 11.9 Å². The number of amides is 2. The van der Waals surface area contributed by atoms with E-state index in [0.717, 1.165) is 39.0 Å². The van der Waals surface area contributed by atoms with Gasteiger partial charge in [0.1, 0.15) is 0 Å². The van der Waals surface area contributed by atoms with Crippen LogP contribution in [0.15, 0.2) is 18.2 Å². The number of ether oxygens (including phenoxy) is 1. The molecule has 0 aliphatic carbocycles.